The smallest absolute Gasteiger partial charge is 0.326 e. The first-order valence-corrected chi connectivity index (χ1v) is 12.3. The molecule has 0 aliphatic heterocycles. The van der Waals surface area contributed by atoms with E-state index < -0.39 is 38.5 Å². The van der Waals surface area contributed by atoms with E-state index >= 15 is 0 Å². The molecule has 11 heteroatoms. The Kier molecular flexibility index (Phi) is 6.09. The topological polar surface area (TPSA) is 75.6 Å². The van der Waals surface area contributed by atoms with E-state index in [2.05, 4.69) is 5.32 Å². The third kappa shape index (κ3) is 6.21. The van der Waals surface area contributed by atoms with Crippen molar-refractivity contribution < 1.29 is 38.9 Å². The van der Waals surface area contributed by atoms with Gasteiger partial charge in [-0.3, -0.25) is 4.79 Å². The minimum absolute atomic E-state index is 0.0165. The summed E-state index contributed by atoms with van der Waals surface area (Å²) in [6, 6.07) is 11.1. The highest BCUT2D eigenvalue weighted by molar-refractivity contribution is 8.45. The second kappa shape index (κ2) is 8.11. The van der Waals surface area contributed by atoms with E-state index in [0.29, 0.717) is 10.8 Å². The van der Waals surface area contributed by atoms with Crippen LogP contribution in [0.1, 0.15) is 36.7 Å². The lowest BCUT2D eigenvalue weighted by atomic mass is 9.86. The fourth-order valence-corrected chi connectivity index (χ4v) is 4.08. The lowest BCUT2D eigenvalue weighted by molar-refractivity contribution is -0.142. The normalized spacial score (nSPS) is 15.1. The summed E-state index contributed by atoms with van der Waals surface area (Å²) in [6.07, 6.45) is 0. The van der Waals surface area contributed by atoms with Crippen LogP contribution in [-0.2, 0) is 11.4 Å². The minimum atomic E-state index is -9.80. The van der Waals surface area contributed by atoms with Crippen molar-refractivity contribution in [1.82, 2.24) is 5.32 Å². The molecule has 3 aromatic carbocycles. The van der Waals surface area contributed by atoms with E-state index in [4.69, 9.17) is 4.74 Å². The number of nitrogens with one attached hydrogen (secondary N) is 1. The predicted octanol–water partition coefficient (Wildman–Crippen LogP) is 7.31. The molecule has 0 bridgehead atoms. The number of carboxylic acid groups (broad SMARTS) is 1. The summed E-state index contributed by atoms with van der Waals surface area (Å²) in [5.41, 5.74) is -0.625. The van der Waals surface area contributed by atoms with Gasteiger partial charge in [-0.05, 0) is 34.6 Å². The average molecular weight is 518 g/mol. The average Bonchev–Trinajstić information content (AvgIpc) is 2.73. The molecule has 0 spiro atoms. The Bertz CT molecular complexity index is 1290. The van der Waals surface area contributed by atoms with E-state index in [1.807, 2.05) is 0 Å². The number of carboxylic acids is 1. The van der Waals surface area contributed by atoms with Crippen LogP contribution in [0.15, 0.2) is 65.6 Å². The van der Waals surface area contributed by atoms with Gasteiger partial charge in [-0.1, -0.05) is 82.7 Å². The predicted molar refractivity (Wildman–Crippen MR) is 124 cm³/mol. The zero-order chi connectivity index (χ0) is 26.3. The van der Waals surface area contributed by atoms with Gasteiger partial charge in [0.1, 0.15) is 23.3 Å². The first kappa shape index (κ1) is 26.3. The summed E-state index contributed by atoms with van der Waals surface area (Å²) in [5, 5.41) is 13.2. The van der Waals surface area contributed by atoms with Crippen LogP contribution in [0, 0.1) is 5.41 Å². The quantitative estimate of drug-likeness (QED) is 0.322. The molecule has 0 radical (unpaired) electrons. The van der Waals surface area contributed by atoms with Crippen molar-refractivity contribution in [2.75, 3.05) is 0 Å². The zero-order valence-corrected chi connectivity index (χ0v) is 19.8. The van der Waals surface area contributed by atoms with Crippen LogP contribution in [0.3, 0.4) is 0 Å². The standard InChI is InChI=1S/C24H24F5NO4S/c1-24(2,3)21(23(32)33)30-22(31)19-13-10-16-6-4-5-7-18(16)20(19)34-14-15-8-11-17(12-9-15)35(25,26,27,28)29/h4-13,21H,14H2,1-3H3,(H,30,31)(H,32,33). The van der Waals surface area contributed by atoms with Crippen LogP contribution in [0.25, 0.3) is 10.8 Å². The number of carbonyl (C=O) groups is 2. The Labute approximate surface area is 198 Å². The molecule has 190 valence electrons. The zero-order valence-electron chi connectivity index (χ0n) is 19.0. The number of benzene rings is 3. The van der Waals surface area contributed by atoms with E-state index in [9.17, 15) is 34.1 Å². The summed E-state index contributed by atoms with van der Waals surface area (Å²) >= 11 is 0. The van der Waals surface area contributed by atoms with E-state index in [1.165, 1.54) is 6.07 Å². The molecule has 3 aromatic rings. The molecule has 35 heavy (non-hydrogen) atoms. The molecule has 0 heterocycles. The maximum atomic E-state index is 13.0. The van der Waals surface area contributed by atoms with Gasteiger partial charge < -0.3 is 15.2 Å². The maximum absolute atomic E-state index is 13.0. The van der Waals surface area contributed by atoms with E-state index in [1.54, 1.807) is 51.1 Å². The number of ether oxygens (including phenoxy) is 1. The summed E-state index contributed by atoms with van der Waals surface area (Å²) in [5.74, 6) is -1.86. The first-order valence-electron chi connectivity index (χ1n) is 10.4. The number of carbonyl (C=O) groups excluding carboxylic acids is 1. The molecule has 1 atom stereocenters. The lowest BCUT2D eigenvalue weighted by Gasteiger charge is -2.40. The Hall–Kier alpha value is -3.34. The Morgan fingerprint density at radius 3 is 2.09 bits per heavy atom. The van der Waals surface area contributed by atoms with Crippen molar-refractivity contribution in [3.63, 3.8) is 0 Å². The molecule has 3 rings (SSSR count). The third-order valence-electron chi connectivity index (χ3n) is 5.26. The molecule has 5 nitrogen and oxygen atoms in total. The molecule has 0 aliphatic carbocycles. The molecule has 0 aromatic heterocycles. The number of hydrogen-bond acceptors (Lipinski definition) is 3. The number of aliphatic carboxylic acids is 1. The minimum Gasteiger partial charge on any atom is -0.487 e. The van der Waals surface area contributed by atoms with Gasteiger partial charge in [-0.15, -0.1) is 0 Å². The van der Waals surface area contributed by atoms with Crippen molar-refractivity contribution in [3.05, 3.63) is 71.8 Å². The van der Waals surface area contributed by atoms with Crippen molar-refractivity contribution in [2.24, 2.45) is 5.41 Å². The molecule has 1 unspecified atom stereocenters. The molecule has 0 aliphatic rings. The van der Waals surface area contributed by atoms with Gasteiger partial charge in [0.05, 0.1) is 5.56 Å². The first-order chi connectivity index (χ1) is 15.9. The number of rotatable bonds is 7. The van der Waals surface area contributed by atoms with Gasteiger partial charge in [0.25, 0.3) is 5.91 Å². The summed E-state index contributed by atoms with van der Waals surface area (Å²) in [4.78, 5) is 22.7. The van der Waals surface area contributed by atoms with Crippen molar-refractivity contribution >= 4 is 32.9 Å². The monoisotopic (exact) mass is 517 g/mol. The Morgan fingerprint density at radius 2 is 1.54 bits per heavy atom. The molecule has 0 fully saturated rings. The van der Waals surface area contributed by atoms with Crippen LogP contribution < -0.4 is 10.1 Å². The number of fused-ring (bicyclic) bond motifs is 1. The van der Waals surface area contributed by atoms with Gasteiger partial charge in [-0.2, -0.15) is 0 Å². The van der Waals surface area contributed by atoms with Gasteiger partial charge in [0, 0.05) is 5.39 Å². The van der Waals surface area contributed by atoms with Gasteiger partial charge in [0.15, 0.2) is 0 Å². The SMILES string of the molecule is CC(C)(C)C(NC(=O)c1ccc2ccccc2c1OCc1ccc(S(F)(F)(F)(F)F)cc1)C(=O)O. The van der Waals surface area contributed by atoms with Crippen molar-refractivity contribution in [3.8, 4) is 5.75 Å². The molecule has 0 saturated heterocycles. The third-order valence-corrected chi connectivity index (χ3v) is 6.43. The van der Waals surface area contributed by atoms with Crippen LogP contribution in [-0.4, -0.2) is 23.0 Å². The van der Waals surface area contributed by atoms with Crippen LogP contribution in [0.5, 0.6) is 5.75 Å². The van der Waals surface area contributed by atoms with Crippen LogP contribution in [0.2, 0.25) is 0 Å². The maximum Gasteiger partial charge on any atom is 0.326 e. The molecule has 0 saturated carbocycles. The van der Waals surface area contributed by atoms with Gasteiger partial charge >= 0.3 is 16.2 Å². The summed E-state index contributed by atoms with van der Waals surface area (Å²) < 4.78 is 70.7. The van der Waals surface area contributed by atoms with Crippen LogP contribution >= 0.6 is 10.2 Å². The second-order valence-corrected chi connectivity index (χ2v) is 11.6. The number of hydrogen-bond donors (Lipinski definition) is 2. The number of amides is 1. The highest BCUT2D eigenvalue weighted by atomic mass is 32.5. The highest BCUT2D eigenvalue weighted by Gasteiger charge is 2.65. The lowest BCUT2D eigenvalue weighted by Crippen LogP contribution is -2.49. The molecular weight excluding hydrogens is 493 g/mol. The van der Waals surface area contributed by atoms with Crippen molar-refractivity contribution in [1.29, 1.82) is 0 Å². The molecule has 1 amide bonds. The molecular formula is C24H24F5NO4S. The van der Waals surface area contributed by atoms with E-state index in [-0.39, 0.29) is 35.6 Å². The van der Waals surface area contributed by atoms with E-state index in [0.717, 1.165) is 12.1 Å². The Balaban J connectivity index is 1.95. The number of halogens is 5. The van der Waals surface area contributed by atoms with Crippen molar-refractivity contribution in [2.45, 2.75) is 38.3 Å². The fourth-order valence-electron chi connectivity index (χ4n) is 3.43. The second-order valence-electron chi connectivity index (χ2n) is 9.18. The highest BCUT2D eigenvalue weighted by Crippen LogP contribution is 3.02. The van der Waals surface area contributed by atoms with Gasteiger partial charge in [-0.25, -0.2) is 4.79 Å². The fraction of sp³-hybridized carbons (Fsp3) is 0.250. The Morgan fingerprint density at radius 1 is 0.943 bits per heavy atom. The van der Waals surface area contributed by atoms with Crippen LogP contribution in [0.4, 0.5) is 19.4 Å². The summed E-state index contributed by atoms with van der Waals surface area (Å²) in [6.45, 7) is 4.64. The largest absolute Gasteiger partial charge is 0.487 e. The molecule has 2 N–H and O–H groups in total. The van der Waals surface area contributed by atoms with Gasteiger partial charge in [0.2, 0.25) is 0 Å². The summed E-state index contributed by atoms with van der Waals surface area (Å²) in [7, 11) is -9.80.